The molecule has 2 unspecified atom stereocenters. The molecule has 0 amide bonds. The second-order valence-corrected chi connectivity index (χ2v) is 7.89. The second kappa shape index (κ2) is 7.32. The summed E-state index contributed by atoms with van der Waals surface area (Å²) in [6.07, 6.45) is 9.64. The molecule has 0 heterocycles. The van der Waals surface area contributed by atoms with E-state index in [-0.39, 0.29) is 5.41 Å². The Labute approximate surface area is 162 Å². The second-order valence-electron chi connectivity index (χ2n) is 7.45. The topological polar surface area (TPSA) is 12.0 Å². The highest BCUT2D eigenvalue weighted by molar-refractivity contribution is 6.30. The van der Waals surface area contributed by atoms with Gasteiger partial charge >= 0.3 is 0 Å². The van der Waals surface area contributed by atoms with Crippen molar-refractivity contribution in [3.63, 3.8) is 0 Å². The first-order valence-electron chi connectivity index (χ1n) is 9.38. The van der Waals surface area contributed by atoms with E-state index in [1.807, 2.05) is 12.1 Å². The summed E-state index contributed by atoms with van der Waals surface area (Å²) in [6.45, 7) is 15.5. The Balaban J connectivity index is 1.94. The van der Waals surface area contributed by atoms with E-state index in [1.54, 1.807) is 0 Å². The highest BCUT2D eigenvalue weighted by Gasteiger charge is 2.46. The van der Waals surface area contributed by atoms with Gasteiger partial charge in [0.25, 0.3) is 0 Å². The van der Waals surface area contributed by atoms with Gasteiger partial charge in [0, 0.05) is 27.7 Å². The van der Waals surface area contributed by atoms with Crippen LogP contribution in [0.5, 0.6) is 0 Å². The lowest BCUT2D eigenvalue weighted by Gasteiger charge is -2.35. The molecule has 0 saturated carbocycles. The van der Waals surface area contributed by atoms with Gasteiger partial charge in [0.15, 0.2) is 0 Å². The maximum absolute atomic E-state index is 6.11. The fourth-order valence-electron chi connectivity index (χ4n) is 4.37. The summed E-state index contributed by atoms with van der Waals surface area (Å²) in [5, 5.41) is 4.43. The maximum Gasteiger partial charge on any atom is 0.0406 e. The van der Waals surface area contributed by atoms with Crippen LogP contribution in [0.3, 0.4) is 0 Å². The van der Waals surface area contributed by atoms with Crippen LogP contribution in [0.25, 0.3) is 0 Å². The Kier molecular flexibility index (Phi) is 5.29. The zero-order chi connectivity index (χ0) is 18.9. The smallest absolute Gasteiger partial charge is 0.0406 e. The highest BCUT2D eigenvalue weighted by atomic mass is 35.5. The van der Waals surface area contributed by atoms with Crippen LogP contribution in [0.15, 0.2) is 83.8 Å². The van der Waals surface area contributed by atoms with E-state index in [2.05, 4.69) is 69.6 Å². The minimum atomic E-state index is -0.132. The van der Waals surface area contributed by atoms with E-state index >= 15 is 0 Å². The molecule has 3 rings (SSSR count). The van der Waals surface area contributed by atoms with Gasteiger partial charge in [-0.3, -0.25) is 0 Å². The van der Waals surface area contributed by atoms with Crippen molar-refractivity contribution in [2.45, 2.75) is 45.4 Å². The maximum atomic E-state index is 6.11. The zero-order valence-electron chi connectivity index (χ0n) is 16.0. The van der Waals surface area contributed by atoms with E-state index in [0.717, 1.165) is 30.0 Å². The molecule has 2 atom stereocenters. The number of allylic oxidation sites excluding steroid dienone is 7. The van der Waals surface area contributed by atoms with Crippen LogP contribution in [-0.4, -0.2) is 0 Å². The number of hydrogen-bond acceptors (Lipinski definition) is 1. The minimum absolute atomic E-state index is 0.132. The molecular weight excluding hydrogens is 338 g/mol. The third-order valence-corrected chi connectivity index (χ3v) is 6.32. The summed E-state index contributed by atoms with van der Waals surface area (Å²) in [5.74, 6) is 0.340. The third kappa shape index (κ3) is 3.10. The first kappa shape index (κ1) is 18.8. The van der Waals surface area contributed by atoms with Crippen LogP contribution in [0, 0.1) is 5.92 Å². The van der Waals surface area contributed by atoms with Gasteiger partial charge in [0.1, 0.15) is 0 Å². The third-order valence-electron chi connectivity index (χ3n) is 6.07. The highest BCUT2D eigenvalue weighted by Crippen LogP contribution is 2.52. The lowest BCUT2D eigenvalue weighted by molar-refractivity contribution is 0.394. The Hall–Kier alpha value is -1.99. The average molecular weight is 366 g/mol. The van der Waals surface area contributed by atoms with Gasteiger partial charge < -0.3 is 5.32 Å². The molecule has 0 aromatic heterocycles. The van der Waals surface area contributed by atoms with Crippen molar-refractivity contribution in [2.75, 3.05) is 0 Å². The molecule has 2 aliphatic carbocycles. The van der Waals surface area contributed by atoms with Crippen molar-refractivity contribution in [2.24, 2.45) is 5.92 Å². The van der Waals surface area contributed by atoms with E-state index in [4.69, 9.17) is 11.6 Å². The molecule has 0 aliphatic heterocycles. The molecule has 26 heavy (non-hydrogen) atoms. The van der Waals surface area contributed by atoms with Crippen molar-refractivity contribution >= 4 is 11.6 Å². The fraction of sp³-hybridized carbons (Fsp3) is 0.333. The normalized spacial score (nSPS) is 25.5. The zero-order valence-corrected chi connectivity index (χ0v) is 16.8. The SMILES string of the molecule is C=C(NC1=C(C)C(=C)C(C)(c2ccc(Cl)cc2)C1CC)C1=CC=CCC1. The Morgan fingerprint density at radius 2 is 2.00 bits per heavy atom. The predicted octanol–water partition coefficient (Wildman–Crippen LogP) is 6.85. The standard InChI is InChI=1S/C24H28ClN/c1-6-22-23(26-18(4)19-10-8-7-9-11-19)16(2)17(3)24(22,5)20-12-14-21(25)15-13-20/h7-8,10,12-15,22,26H,3-4,6,9,11H2,1-2,5H3. The Morgan fingerprint density at radius 1 is 1.31 bits per heavy atom. The first-order chi connectivity index (χ1) is 12.4. The van der Waals surface area contributed by atoms with E-state index < -0.39 is 0 Å². The molecule has 136 valence electrons. The molecule has 2 aliphatic rings. The number of hydrogen-bond donors (Lipinski definition) is 1. The number of benzene rings is 1. The molecular formula is C24H28ClN. The van der Waals surface area contributed by atoms with Crippen LogP contribution >= 0.6 is 11.6 Å². The Morgan fingerprint density at radius 3 is 2.58 bits per heavy atom. The number of nitrogens with one attached hydrogen (secondary N) is 1. The van der Waals surface area contributed by atoms with Crippen LogP contribution in [0.4, 0.5) is 0 Å². The quantitative estimate of drug-likeness (QED) is 0.601. The van der Waals surface area contributed by atoms with Crippen LogP contribution in [0.1, 0.15) is 45.6 Å². The number of rotatable bonds is 5. The molecule has 0 spiro atoms. The summed E-state index contributed by atoms with van der Waals surface area (Å²) in [6, 6.07) is 8.22. The van der Waals surface area contributed by atoms with Gasteiger partial charge in [-0.2, -0.15) is 0 Å². The largest absolute Gasteiger partial charge is 0.359 e. The van der Waals surface area contributed by atoms with Crippen LogP contribution < -0.4 is 5.32 Å². The summed E-state index contributed by atoms with van der Waals surface area (Å²) >= 11 is 6.11. The van der Waals surface area contributed by atoms with Crippen LogP contribution in [0.2, 0.25) is 5.02 Å². The van der Waals surface area contributed by atoms with Gasteiger partial charge in [-0.05, 0) is 60.6 Å². The summed E-state index contributed by atoms with van der Waals surface area (Å²) < 4.78 is 0. The van der Waals surface area contributed by atoms with E-state index in [1.165, 1.54) is 28.0 Å². The van der Waals surface area contributed by atoms with Gasteiger partial charge in [0.05, 0.1) is 0 Å². The molecule has 2 heteroatoms. The first-order valence-corrected chi connectivity index (χ1v) is 9.76. The van der Waals surface area contributed by atoms with Crippen molar-refractivity contribution < 1.29 is 0 Å². The molecule has 1 aromatic carbocycles. The van der Waals surface area contributed by atoms with Gasteiger partial charge in [-0.15, -0.1) is 0 Å². The Bertz CT molecular complexity index is 822. The summed E-state index contributed by atoms with van der Waals surface area (Å²) in [7, 11) is 0. The monoisotopic (exact) mass is 365 g/mol. The molecule has 0 radical (unpaired) electrons. The van der Waals surface area contributed by atoms with Crippen molar-refractivity contribution in [1.82, 2.24) is 5.32 Å². The van der Waals surface area contributed by atoms with Gasteiger partial charge in [-0.1, -0.05) is 69.0 Å². The minimum Gasteiger partial charge on any atom is -0.359 e. The number of halogens is 1. The summed E-state index contributed by atoms with van der Waals surface area (Å²) in [5.41, 5.74) is 7.12. The molecule has 1 nitrogen and oxygen atoms in total. The molecule has 1 aromatic rings. The summed E-state index contributed by atoms with van der Waals surface area (Å²) in [4.78, 5) is 0. The van der Waals surface area contributed by atoms with Crippen molar-refractivity contribution in [3.8, 4) is 0 Å². The molecule has 1 N–H and O–H groups in total. The van der Waals surface area contributed by atoms with E-state index in [0.29, 0.717) is 5.92 Å². The fourth-order valence-corrected chi connectivity index (χ4v) is 4.50. The average Bonchev–Trinajstić information content (AvgIpc) is 2.84. The lowest BCUT2D eigenvalue weighted by Crippen LogP contribution is -2.33. The van der Waals surface area contributed by atoms with E-state index in [9.17, 15) is 0 Å². The molecule has 0 bridgehead atoms. The van der Waals surface area contributed by atoms with Crippen LogP contribution in [-0.2, 0) is 5.41 Å². The molecule has 0 fully saturated rings. The lowest BCUT2D eigenvalue weighted by atomic mass is 9.69. The van der Waals surface area contributed by atoms with Crippen molar-refractivity contribution in [1.29, 1.82) is 0 Å². The van der Waals surface area contributed by atoms with Gasteiger partial charge in [0.2, 0.25) is 0 Å². The predicted molar refractivity (Wildman–Crippen MR) is 113 cm³/mol. The molecule has 0 saturated heterocycles. The van der Waals surface area contributed by atoms with Crippen molar-refractivity contribution in [3.05, 3.63) is 94.4 Å². The van der Waals surface area contributed by atoms with Gasteiger partial charge in [-0.25, -0.2) is 0 Å².